The standard InChI is InChI=1S/C61H96N2O12SSi/c1-7-8-9-10-11-12-13-14-15-22-34-45-54(64)63(73-56(66)47-36-24-19-17-21-29-40-52-43-32-26-33-44-52)57-59(72-55(65)46-35-23-18-16-20-28-39-51-41-30-25-31-42-51)58(75-76(67,68)69)53(50-70-77(5,6)61(2,3)4)71-60(57)74-62-48-37-27-38-49-62/h25-27,30-33,37-38,41-44,48-49,53,57-60H,7-24,28-29,34-36,39-40,45-47,50H2,1-6H3/p+1/t53-,57+,58-,59-,60-/m1/s1. The van der Waals surface area contributed by atoms with Crippen LogP contribution in [-0.2, 0) is 60.5 Å². The molecule has 1 fully saturated rings. The smallest absolute Gasteiger partial charge is 0.397 e. The van der Waals surface area contributed by atoms with Crippen molar-refractivity contribution in [3.05, 3.63) is 102 Å². The summed E-state index contributed by atoms with van der Waals surface area (Å²) in [6.45, 7) is 12.2. The molecule has 1 aliphatic heterocycles. The number of ether oxygens (including phenoxy) is 2. The lowest BCUT2D eigenvalue weighted by atomic mass is 9.95. The van der Waals surface area contributed by atoms with Crippen LogP contribution >= 0.6 is 0 Å². The van der Waals surface area contributed by atoms with Crippen molar-refractivity contribution in [2.45, 2.75) is 256 Å². The van der Waals surface area contributed by atoms with Gasteiger partial charge in [0.15, 0.2) is 20.5 Å². The monoisotopic (exact) mass is 1110 g/mol. The van der Waals surface area contributed by atoms with Crippen LogP contribution in [0.15, 0.2) is 91.3 Å². The van der Waals surface area contributed by atoms with Gasteiger partial charge >= 0.3 is 22.3 Å². The van der Waals surface area contributed by atoms with Gasteiger partial charge in [-0.3, -0.25) is 14.1 Å². The summed E-state index contributed by atoms with van der Waals surface area (Å²) < 4.78 is 62.6. The molecule has 432 valence electrons. The third kappa shape index (κ3) is 26.5. The number of amides is 1. The first-order valence-corrected chi connectivity index (χ1v) is 33.6. The fourth-order valence-electron chi connectivity index (χ4n) is 9.43. The van der Waals surface area contributed by atoms with Gasteiger partial charge in [0, 0.05) is 36.1 Å². The number of benzene rings is 2. The molecule has 16 heteroatoms. The second kappa shape index (κ2) is 36.1. The Morgan fingerprint density at radius 1 is 0.610 bits per heavy atom. The second-order valence-electron chi connectivity index (χ2n) is 22.6. The molecule has 1 aliphatic rings. The lowest BCUT2D eigenvalue weighted by Crippen LogP contribution is -2.71. The summed E-state index contributed by atoms with van der Waals surface area (Å²) in [5.74, 6) is -2.00. The number of aromatic nitrogens is 1. The van der Waals surface area contributed by atoms with Gasteiger partial charge < -0.3 is 18.7 Å². The van der Waals surface area contributed by atoms with Crippen molar-refractivity contribution in [2.24, 2.45) is 0 Å². The van der Waals surface area contributed by atoms with E-state index in [1.54, 1.807) is 30.6 Å². The van der Waals surface area contributed by atoms with Crippen LogP contribution < -0.4 is 9.57 Å². The number of hydrogen-bond acceptors (Lipinski definition) is 11. The zero-order valence-corrected chi connectivity index (χ0v) is 49.6. The average molecular weight is 1110 g/mol. The van der Waals surface area contributed by atoms with E-state index in [1.807, 2.05) is 37.4 Å². The first-order valence-electron chi connectivity index (χ1n) is 29.4. The Balaban J connectivity index is 1.60. The van der Waals surface area contributed by atoms with Gasteiger partial charge in [0.1, 0.15) is 12.2 Å². The van der Waals surface area contributed by atoms with E-state index in [1.165, 1.54) is 54.4 Å². The zero-order chi connectivity index (χ0) is 55.8. The molecule has 0 radical (unpaired) electrons. The van der Waals surface area contributed by atoms with Crippen LogP contribution in [0.4, 0.5) is 0 Å². The average Bonchev–Trinajstić information content (AvgIpc) is 3.39. The van der Waals surface area contributed by atoms with Gasteiger partial charge in [-0.05, 0) is 74.2 Å². The topological polar surface area (TPSA) is 168 Å². The van der Waals surface area contributed by atoms with Gasteiger partial charge in [0.25, 0.3) is 12.2 Å². The molecule has 0 spiro atoms. The maximum absolute atomic E-state index is 14.9. The molecular formula is C61H97N2O12SSi+. The van der Waals surface area contributed by atoms with Crippen molar-refractivity contribution < 1.29 is 59.8 Å². The van der Waals surface area contributed by atoms with Crippen LogP contribution in [0.3, 0.4) is 0 Å². The molecule has 0 bridgehead atoms. The summed E-state index contributed by atoms with van der Waals surface area (Å²) in [6.07, 6.45) is 21.1. The number of hydrogen-bond donors (Lipinski definition) is 1. The highest BCUT2D eigenvalue weighted by molar-refractivity contribution is 7.80. The minimum atomic E-state index is -5.27. The van der Waals surface area contributed by atoms with E-state index in [-0.39, 0.29) is 30.9 Å². The lowest BCUT2D eigenvalue weighted by molar-refractivity contribution is -0.909. The van der Waals surface area contributed by atoms with Gasteiger partial charge in [-0.2, -0.15) is 13.5 Å². The molecule has 4 rings (SSSR count). The molecule has 77 heavy (non-hydrogen) atoms. The first kappa shape index (κ1) is 65.3. The van der Waals surface area contributed by atoms with Crippen molar-refractivity contribution in [3.8, 4) is 0 Å². The maximum Gasteiger partial charge on any atom is 0.397 e. The quantitative estimate of drug-likeness (QED) is 0.0144. The number of carbonyl (C=O) groups excluding carboxylic acids is 3. The molecule has 1 N–H and O–H groups in total. The number of aryl methyl sites for hydroxylation is 2. The first-order chi connectivity index (χ1) is 37.0. The van der Waals surface area contributed by atoms with Gasteiger partial charge in [-0.1, -0.05) is 210 Å². The van der Waals surface area contributed by atoms with Gasteiger partial charge in [0.05, 0.1) is 6.61 Å². The Labute approximate surface area is 464 Å². The predicted molar refractivity (Wildman–Crippen MR) is 304 cm³/mol. The third-order valence-corrected chi connectivity index (χ3v) is 20.0. The molecule has 0 saturated carbocycles. The van der Waals surface area contributed by atoms with Crippen molar-refractivity contribution in [1.82, 2.24) is 5.06 Å². The van der Waals surface area contributed by atoms with Gasteiger partial charge in [0.2, 0.25) is 12.4 Å². The summed E-state index contributed by atoms with van der Waals surface area (Å²) in [5.41, 5.74) is 2.62. The summed E-state index contributed by atoms with van der Waals surface area (Å²) in [7, 11) is -7.84. The number of unbranched alkanes of at least 4 members (excludes halogenated alkanes) is 20. The van der Waals surface area contributed by atoms with Crippen molar-refractivity contribution in [1.29, 1.82) is 0 Å². The Kier molecular flexibility index (Phi) is 30.7. The van der Waals surface area contributed by atoms with Crippen LogP contribution in [0, 0.1) is 0 Å². The number of hydroxylamine groups is 2. The van der Waals surface area contributed by atoms with Gasteiger partial charge in [-0.25, -0.2) is 13.8 Å². The Morgan fingerprint density at radius 2 is 1.05 bits per heavy atom. The molecular weight excluding hydrogens is 1010 g/mol. The maximum atomic E-state index is 14.9. The number of carbonyl (C=O) groups is 3. The van der Waals surface area contributed by atoms with E-state index >= 15 is 0 Å². The molecule has 3 aromatic rings. The van der Waals surface area contributed by atoms with Crippen LogP contribution in [0.5, 0.6) is 0 Å². The van der Waals surface area contributed by atoms with Crippen LogP contribution in [0.2, 0.25) is 18.1 Å². The molecule has 0 unspecified atom stereocenters. The summed E-state index contributed by atoms with van der Waals surface area (Å²) >= 11 is 0. The molecule has 1 aromatic heterocycles. The predicted octanol–water partition coefficient (Wildman–Crippen LogP) is 13.6. The SMILES string of the molecule is CCCCCCCCCCCCCC(=O)N(OC(=O)CCCCCCCCc1ccccc1)[C@@H]1[C@@H](O[n+]2ccccc2)O[C@H](CO[Si](C)(C)C(C)(C)C)[C@@H](OS(=O)(=O)O)[C@@H]1OC(=O)CCCCCCCCc1ccccc1. The van der Waals surface area contributed by atoms with E-state index in [4.69, 9.17) is 27.8 Å². The fraction of sp³-hybridized carbons (Fsp3) is 0.672. The largest absolute Gasteiger partial charge is 0.457 e. The minimum Gasteiger partial charge on any atom is -0.457 e. The van der Waals surface area contributed by atoms with Crippen molar-refractivity contribution in [3.63, 3.8) is 0 Å². The number of nitrogens with zero attached hydrogens (tertiary/aromatic N) is 2. The van der Waals surface area contributed by atoms with Crippen LogP contribution in [0.1, 0.15) is 206 Å². The summed E-state index contributed by atoms with van der Waals surface area (Å²) in [5, 5.41) is 0.593. The Morgan fingerprint density at radius 3 is 1.53 bits per heavy atom. The van der Waals surface area contributed by atoms with Crippen molar-refractivity contribution in [2.75, 3.05) is 6.61 Å². The molecule has 2 aromatic carbocycles. The summed E-state index contributed by atoms with van der Waals surface area (Å²) in [6, 6.07) is 24.4. The Bertz CT molecular complexity index is 2180. The normalized spacial score (nSPS) is 17.9. The highest BCUT2D eigenvalue weighted by atomic mass is 32.3. The Hall–Kier alpha value is -4.19. The van der Waals surface area contributed by atoms with E-state index in [0.717, 1.165) is 108 Å². The molecule has 1 amide bonds. The number of esters is 1. The summed E-state index contributed by atoms with van der Waals surface area (Å²) in [4.78, 5) is 55.7. The van der Waals surface area contributed by atoms with E-state index in [0.29, 0.717) is 19.3 Å². The number of rotatable bonds is 39. The van der Waals surface area contributed by atoms with E-state index in [2.05, 4.69) is 64.1 Å². The highest BCUT2D eigenvalue weighted by Gasteiger charge is 2.58. The minimum absolute atomic E-state index is 0.0105. The van der Waals surface area contributed by atoms with Crippen LogP contribution in [-0.4, -0.2) is 81.4 Å². The fourth-order valence-corrected chi connectivity index (χ4v) is 11.0. The van der Waals surface area contributed by atoms with Crippen molar-refractivity contribution >= 4 is 36.6 Å². The molecule has 0 aliphatic carbocycles. The molecule has 14 nitrogen and oxygen atoms in total. The van der Waals surface area contributed by atoms with Gasteiger partial charge in [-0.15, -0.1) is 0 Å². The highest BCUT2D eigenvalue weighted by Crippen LogP contribution is 2.38. The van der Waals surface area contributed by atoms with Crippen LogP contribution in [0.25, 0.3) is 0 Å². The molecule has 5 atom stereocenters. The molecule has 2 heterocycles. The zero-order valence-electron chi connectivity index (χ0n) is 47.8. The lowest BCUT2D eigenvalue weighted by Gasteiger charge is -2.46. The molecule has 1 saturated heterocycles. The van der Waals surface area contributed by atoms with E-state index < -0.39 is 67.2 Å². The second-order valence-corrected chi connectivity index (χ2v) is 28.4. The number of pyridine rings is 1. The third-order valence-electron chi connectivity index (χ3n) is 15.0. The van der Waals surface area contributed by atoms with E-state index in [9.17, 15) is 27.4 Å².